The molecular weight excluding hydrogens is 273 g/mol. The number of halogens is 4. The van der Waals surface area contributed by atoms with Crippen LogP contribution in [0.2, 0.25) is 0 Å². The zero-order valence-electron chi connectivity index (χ0n) is 8.97. The first kappa shape index (κ1) is 14.4. The van der Waals surface area contributed by atoms with Gasteiger partial charge in [0.05, 0.1) is 0 Å². The van der Waals surface area contributed by atoms with E-state index in [1.54, 1.807) is 0 Å². The molecule has 0 saturated carbocycles. The molecule has 17 heavy (non-hydrogen) atoms. The van der Waals surface area contributed by atoms with Crippen molar-refractivity contribution in [2.75, 3.05) is 0 Å². The predicted molar refractivity (Wildman–Crippen MR) is 62.3 cm³/mol. The molecule has 0 aliphatic carbocycles. The average molecular weight is 283 g/mol. The number of carbonyl (C=O) groups is 1. The summed E-state index contributed by atoms with van der Waals surface area (Å²) in [5.74, 6) is 0.0741. The average Bonchev–Trinajstić information content (AvgIpc) is 2.14. The van der Waals surface area contributed by atoms with Crippen molar-refractivity contribution in [2.24, 2.45) is 0 Å². The minimum absolute atomic E-state index is 0.0719. The predicted octanol–water partition coefficient (Wildman–Crippen LogP) is 4.17. The number of alkyl halides is 4. The minimum Gasteiger partial charge on any atom is -0.300 e. The summed E-state index contributed by atoms with van der Waals surface area (Å²) in [6.07, 6.45) is 0.105. The lowest BCUT2D eigenvalue weighted by Crippen LogP contribution is -2.03. The highest BCUT2D eigenvalue weighted by atomic mass is 35.5. The van der Waals surface area contributed by atoms with Gasteiger partial charge in [0.15, 0.2) is 0 Å². The molecule has 0 N–H and O–H groups in total. The van der Waals surface area contributed by atoms with Crippen LogP contribution in [0.15, 0.2) is 23.1 Å². The fourth-order valence-electron chi connectivity index (χ4n) is 1.36. The lowest BCUT2D eigenvalue weighted by molar-refractivity contribution is -0.116. The molecule has 0 aliphatic rings. The van der Waals surface area contributed by atoms with Gasteiger partial charge in [-0.25, -0.2) is 0 Å². The Bertz CT molecular complexity index is 418. The van der Waals surface area contributed by atoms with Crippen LogP contribution in [0.5, 0.6) is 0 Å². The molecule has 0 unspecified atom stereocenters. The third kappa shape index (κ3) is 5.00. The van der Waals surface area contributed by atoms with Gasteiger partial charge in [-0.3, -0.25) is 4.79 Å². The van der Waals surface area contributed by atoms with E-state index in [4.69, 9.17) is 11.6 Å². The second kappa shape index (κ2) is 5.78. The summed E-state index contributed by atoms with van der Waals surface area (Å²) in [6, 6.07) is 4.26. The SMILES string of the molecule is CC(=O)Cc1cc(SC(F)(F)F)ccc1CCl. The topological polar surface area (TPSA) is 17.1 Å². The lowest BCUT2D eigenvalue weighted by Gasteiger charge is -2.10. The first-order valence-corrected chi connectivity index (χ1v) is 6.10. The van der Waals surface area contributed by atoms with Gasteiger partial charge >= 0.3 is 5.51 Å². The highest BCUT2D eigenvalue weighted by molar-refractivity contribution is 8.00. The van der Waals surface area contributed by atoms with Crippen molar-refractivity contribution in [1.82, 2.24) is 0 Å². The summed E-state index contributed by atoms with van der Waals surface area (Å²) in [4.78, 5) is 11.1. The van der Waals surface area contributed by atoms with Crippen molar-refractivity contribution in [1.29, 1.82) is 0 Å². The van der Waals surface area contributed by atoms with Crippen LogP contribution in [0.3, 0.4) is 0 Å². The molecule has 0 atom stereocenters. The monoisotopic (exact) mass is 282 g/mol. The number of hydrogen-bond acceptors (Lipinski definition) is 2. The fraction of sp³-hybridized carbons (Fsp3) is 0.364. The van der Waals surface area contributed by atoms with Crippen LogP contribution in [0, 0.1) is 0 Å². The summed E-state index contributed by atoms with van der Waals surface area (Å²) in [6.45, 7) is 1.39. The van der Waals surface area contributed by atoms with E-state index in [0.717, 1.165) is 0 Å². The molecule has 6 heteroatoms. The molecule has 0 bridgehead atoms. The zero-order chi connectivity index (χ0) is 13.1. The molecule has 1 nitrogen and oxygen atoms in total. The fourth-order valence-corrected chi connectivity index (χ4v) is 2.23. The summed E-state index contributed by atoms with van der Waals surface area (Å²) >= 11 is 5.47. The smallest absolute Gasteiger partial charge is 0.300 e. The first-order chi connectivity index (χ1) is 7.81. The molecule has 0 aromatic heterocycles. The summed E-state index contributed by atoms with van der Waals surface area (Å²) < 4.78 is 36.6. The molecular formula is C11H10ClF3OS. The Morgan fingerprint density at radius 2 is 2.00 bits per heavy atom. The normalized spacial score (nSPS) is 11.6. The second-order valence-electron chi connectivity index (χ2n) is 3.49. The Kier molecular flexibility index (Phi) is 4.89. The number of ketones is 1. The molecule has 1 aromatic rings. The van der Waals surface area contributed by atoms with Crippen LogP contribution in [-0.2, 0) is 17.1 Å². The molecule has 0 heterocycles. The van der Waals surface area contributed by atoms with E-state index in [-0.39, 0.29) is 34.7 Å². The van der Waals surface area contributed by atoms with E-state index in [1.807, 2.05) is 0 Å². The van der Waals surface area contributed by atoms with Crippen molar-refractivity contribution in [2.45, 2.75) is 29.6 Å². The molecule has 0 saturated heterocycles. The van der Waals surface area contributed by atoms with Gasteiger partial charge in [-0.1, -0.05) is 6.07 Å². The minimum atomic E-state index is -4.32. The number of carbonyl (C=O) groups excluding carboxylic acids is 1. The van der Waals surface area contributed by atoms with Crippen molar-refractivity contribution >= 4 is 29.1 Å². The van der Waals surface area contributed by atoms with Crippen molar-refractivity contribution in [3.05, 3.63) is 29.3 Å². The number of hydrogen-bond donors (Lipinski definition) is 0. The van der Waals surface area contributed by atoms with Gasteiger partial charge in [-0.05, 0) is 41.9 Å². The van der Waals surface area contributed by atoms with Crippen LogP contribution in [0.1, 0.15) is 18.1 Å². The Hall–Kier alpha value is -0.680. The molecule has 0 radical (unpaired) electrons. The van der Waals surface area contributed by atoms with Gasteiger partial charge < -0.3 is 0 Å². The van der Waals surface area contributed by atoms with E-state index in [9.17, 15) is 18.0 Å². The first-order valence-electron chi connectivity index (χ1n) is 4.75. The molecule has 1 rings (SSSR count). The van der Waals surface area contributed by atoms with Gasteiger partial charge in [0.2, 0.25) is 0 Å². The van der Waals surface area contributed by atoms with Crippen LogP contribution >= 0.6 is 23.4 Å². The van der Waals surface area contributed by atoms with Gasteiger partial charge in [0.25, 0.3) is 0 Å². The molecule has 0 spiro atoms. The third-order valence-electron chi connectivity index (χ3n) is 1.99. The van der Waals surface area contributed by atoms with Crippen molar-refractivity contribution in [3.63, 3.8) is 0 Å². The Labute approximate surface area is 106 Å². The highest BCUT2D eigenvalue weighted by Gasteiger charge is 2.29. The number of Topliss-reactive ketones (excluding diaryl/α,β-unsaturated/α-hetero) is 1. The summed E-state index contributed by atoms with van der Waals surface area (Å²) in [5.41, 5.74) is -3.08. The van der Waals surface area contributed by atoms with E-state index < -0.39 is 5.51 Å². The zero-order valence-corrected chi connectivity index (χ0v) is 10.5. The Morgan fingerprint density at radius 1 is 1.35 bits per heavy atom. The van der Waals surface area contributed by atoms with Crippen LogP contribution < -0.4 is 0 Å². The van der Waals surface area contributed by atoms with Gasteiger partial charge in [-0.2, -0.15) is 13.2 Å². The lowest BCUT2D eigenvalue weighted by atomic mass is 10.0. The largest absolute Gasteiger partial charge is 0.446 e. The molecule has 0 amide bonds. The molecule has 0 fully saturated rings. The molecule has 1 aromatic carbocycles. The maximum absolute atomic E-state index is 12.2. The van der Waals surface area contributed by atoms with E-state index >= 15 is 0 Å². The third-order valence-corrected chi connectivity index (χ3v) is 3.00. The second-order valence-corrected chi connectivity index (χ2v) is 4.90. The van der Waals surface area contributed by atoms with E-state index in [0.29, 0.717) is 11.1 Å². The Morgan fingerprint density at radius 3 is 2.47 bits per heavy atom. The van der Waals surface area contributed by atoms with Crippen LogP contribution in [0.25, 0.3) is 0 Å². The van der Waals surface area contributed by atoms with E-state index in [1.165, 1.54) is 25.1 Å². The number of thioether (sulfide) groups is 1. The van der Waals surface area contributed by atoms with Crippen molar-refractivity contribution in [3.8, 4) is 0 Å². The summed E-state index contributed by atoms with van der Waals surface area (Å²) in [7, 11) is 0. The summed E-state index contributed by atoms with van der Waals surface area (Å²) in [5, 5.41) is 0. The van der Waals surface area contributed by atoms with E-state index in [2.05, 4.69) is 0 Å². The maximum atomic E-state index is 12.2. The van der Waals surface area contributed by atoms with Gasteiger partial charge in [0, 0.05) is 17.2 Å². The quantitative estimate of drug-likeness (QED) is 0.609. The standard InChI is InChI=1S/C11H10ClF3OS/c1-7(16)4-9-5-10(17-11(13,14)15)3-2-8(9)6-12/h2-3,5H,4,6H2,1H3. The van der Waals surface area contributed by atoms with Crippen molar-refractivity contribution < 1.29 is 18.0 Å². The van der Waals surface area contributed by atoms with Gasteiger partial charge in [0.1, 0.15) is 5.78 Å². The Balaban J connectivity index is 3.00. The maximum Gasteiger partial charge on any atom is 0.446 e. The molecule has 94 valence electrons. The number of rotatable bonds is 4. The number of benzene rings is 1. The van der Waals surface area contributed by atoms with Gasteiger partial charge in [-0.15, -0.1) is 11.6 Å². The highest BCUT2D eigenvalue weighted by Crippen LogP contribution is 2.37. The molecule has 0 aliphatic heterocycles. The van der Waals surface area contributed by atoms with Crippen LogP contribution in [0.4, 0.5) is 13.2 Å². The van der Waals surface area contributed by atoms with Crippen LogP contribution in [-0.4, -0.2) is 11.3 Å².